The molecule has 2 aromatic carbocycles. The molecule has 3 rings (SSSR count). The second-order valence-electron chi connectivity index (χ2n) is 6.69. The summed E-state index contributed by atoms with van der Waals surface area (Å²) in [6.45, 7) is 1.71. The number of benzene rings is 2. The van der Waals surface area contributed by atoms with E-state index in [2.05, 4.69) is 16.0 Å². The number of amides is 3. The van der Waals surface area contributed by atoms with Gasteiger partial charge in [0.1, 0.15) is 11.5 Å². The van der Waals surface area contributed by atoms with Crippen molar-refractivity contribution in [3.63, 3.8) is 0 Å². The first-order valence-electron chi connectivity index (χ1n) is 9.74. The van der Waals surface area contributed by atoms with Gasteiger partial charge in [-0.1, -0.05) is 12.1 Å². The summed E-state index contributed by atoms with van der Waals surface area (Å²) in [6.07, 6.45) is 1.55. The highest BCUT2D eigenvalue weighted by atomic mass is 32.2. The van der Waals surface area contributed by atoms with Gasteiger partial charge in [-0.05, 0) is 42.5 Å². The van der Waals surface area contributed by atoms with Crippen LogP contribution in [0.1, 0.15) is 23.0 Å². The molecule has 0 fully saturated rings. The Bertz CT molecular complexity index is 1100. The summed E-state index contributed by atoms with van der Waals surface area (Å²) in [6, 6.07) is 15.5. The fourth-order valence-corrected chi connectivity index (χ4v) is 3.73. The van der Waals surface area contributed by atoms with Gasteiger partial charge in [-0.15, -0.1) is 11.8 Å². The molecule has 0 atom stereocenters. The van der Waals surface area contributed by atoms with E-state index in [0.29, 0.717) is 39.9 Å². The molecule has 0 saturated carbocycles. The fraction of sp³-hybridized carbons (Fsp3) is 0.174. The van der Waals surface area contributed by atoms with Gasteiger partial charge in [0, 0.05) is 17.5 Å². The molecule has 0 aliphatic rings. The van der Waals surface area contributed by atoms with Gasteiger partial charge in [0.25, 0.3) is 5.91 Å². The molecule has 0 unspecified atom stereocenters. The summed E-state index contributed by atoms with van der Waals surface area (Å²) >= 11 is 1.26. The Morgan fingerprint density at radius 1 is 1.03 bits per heavy atom. The second kappa shape index (κ2) is 11.1. The predicted octanol–water partition coefficient (Wildman–Crippen LogP) is 3.91. The number of carbonyl (C=O) groups is 3. The maximum absolute atomic E-state index is 13.0. The summed E-state index contributed by atoms with van der Waals surface area (Å²) in [5.74, 6) is 0.508. The van der Waals surface area contributed by atoms with E-state index in [4.69, 9.17) is 9.15 Å². The van der Waals surface area contributed by atoms with Gasteiger partial charge in [0.05, 0.1) is 36.9 Å². The van der Waals surface area contributed by atoms with Crippen LogP contribution in [0.4, 0.5) is 11.4 Å². The van der Waals surface area contributed by atoms with Crippen molar-refractivity contribution in [1.82, 2.24) is 5.32 Å². The number of rotatable bonds is 9. The molecule has 3 aromatic rings. The van der Waals surface area contributed by atoms with Crippen LogP contribution in [-0.4, -0.2) is 30.6 Å². The first-order valence-corrected chi connectivity index (χ1v) is 10.7. The van der Waals surface area contributed by atoms with Crippen LogP contribution in [0, 0.1) is 0 Å². The zero-order valence-electron chi connectivity index (χ0n) is 17.6. The number of anilines is 2. The molecule has 0 spiro atoms. The maximum atomic E-state index is 13.0. The summed E-state index contributed by atoms with van der Waals surface area (Å²) in [7, 11) is 1.49. The van der Waals surface area contributed by atoms with E-state index in [1.54, 1.807) is 60.9 Å². The van der Waals surface area contributed by atoms with E-state index < -0.39 is 0 Å². The van der Waals surface area contributed by atoms with Crippen LogP contribution in [0.2, 0.25) is 0 Å². The number of methoxy groups -OCH3 is 1. The van der Waals surface area contributed by atoms with E-state index in [-0.39, 0.29) is 23.5 Å². The Kier molecular flexibility index (Phi) is 7.93. The molecule has 1 aromatic heterocycles. The van der Waals surface area contributed by atoms with Crippen molar-refractivity contribution >= 4 is 40.9 Å². The highest BCUT2D eigenvalue weighted by molar-refractivity contribution is 8.00. The lowest BCUT2D eigenvalue weighted by molar-refractivity contribution is -0.118. The number of carbonyl (C=O) groups excluding carboxylic acids is 3. The van der Waals surface area contributed by atoms with Gasteiger partial charge < -0.3 is 25.1 Å². The van der Waals surface area contributed by atoms with Gasteiger partial charge in [-0.3, -0.25) is 14.4 Å². The van der Waals surface area contributed by atoms with Crippen molar-refractivity contribution in [1.29, 1.82) is 0 Å². The number of hydrogen-bond acceptors (Lipinski definition) is 6. The molecule has 0 aliphatic heterocycles. The predicted molar refractivity (Wildman–Crippen MR) is 123 cm³/mol. The van der Waals surface area contributed by atoms with Crippen LogP contribution in [-0.2, 0) is 16.1 Å². The monoisotopic (exact) mass is 453 g/mol. The summed E-state index contributed by atoms with van der Waals surface area (Å²) in [5.41, 5.74) is 1.37. The van der Waals surface area contributed by atoms with Gasteiger partial charge in [-0.2, -0.15) is 0 Å². The lowest BCUT2D eigenvalue weighted by Gasteiger charge is -2.14. The molecule has 0 saturated heterocycles. The molecule has 8 nitrogen and oxygen atoms in total. The molecular weight excluding hydrogens is 430 g/mol. The smallest absolute Gasteiger partial charge is 0.256 e. The van der Waals surface area contributed by atoms with Crippen molar-refractivity contribution in [3.05, 3.63) is 72.2 Å². The van der Waals surface area contributed by atoms with Gasteiger partial charge >= 0.3 is 0 Å². The lowest BCUT2D eigenvalue weighted by Crippen LogP contribution is -2.24. The normalized spacial score (nSPS) is 10.3. The minimum atomic E-state index is -0.359. The molecule has 9 heteroatoms. The molecule has 0 aliphatic carbocycles. The van der Waals surface area contributed by atoms with Crippen LogP contribution >= 0.6 is 11.8 Å². The van der Waals surface area contributed by atoms with Crippen LogP contribution in [0.5, 0.6) is 5.75 Å². The van der Waals surface area contributed by atoms with E-state index in [1.807, 2.05) is 0 Å². The number of ether oxygens (including phenoxy) is 1. The van der Waals surface area contributed by atoms with Gasteiger partial charge in [0.2, 0.25) is 11.8 Å². The Hall–Kier alpha value is -3.72. The Labute approximate surface area is 189 Å². The Morgan fingerprint density at radius 2 is 1.84 bits per heavy atom. The highest BCUT2D eigenvalue weighted by Crippen LogP contribution is 2.30. The molecular formula is C23H23N3O5S. The van der Waals surface area contributed by atoms with Crippen molar-refractivity contribution in [2.24, 2.45) is 0 Å². The number of nitrogens with one attached hydrogen (secondary N) is 3. The number of furan rings is 1. The first kappa shape index (κ1) is 23.0. The summed E-state index contributed by atoms with van der Waals surface area (Å²) < 4.78 is 10.5. The SMILES string of the molecule is COc1ccc(NC(C)=O)cc1NC(=O)c1ccccc1SCC(=O)NCc1ccco1. The van der Waals surface area contributed by atoms with Crippen LogP contribution in [0.3, 0.4) is 0 Å². The fourth-order valence-electron chi connectivity index (χ4n) is 2.85. The van der Waals surface area contributed by atoms with Gasteiger partial charge in [-0.25, -0.2) is 0 Å². The lowest BCUT2D eigenvalue weighted by atomic mass is 10.2. The average Bonchev–Trinajstić information content (AvgIpc) is 3.30. The molecule has 0 bridgehead atoms. The molecule has 3 amide bonds. The highest BCUT2D eigenvalue weighted by Gasteiger charge is 2.15. The van der Waals surface area contributed by atoms with E-state index in [9.17, 15) is 14.4 Å². The van der Waals surface area contributed by atoms with Crippen LogP contribution in [0.15, 0.2) is 70.2 Å². The largest absolute Gasteiger partial charge is 0.495 e. The third kappa shape index (κ3) is 6.39. The van der Waals surface area contributed by atoms with Crippen LogP contribution in [0.25, 0.3) is 0 Å². The average molecular weight is 454 g/mol. The minimum Gasteiger partial charge on any atom is -0.495 e. The number of hydrogen-bond donors (Lipinski definition) is 3. The molecule has 0 radical (unpaired) electrons. The molecule has 1 heterocycles. The van der Waals surface area contributed by atoms with Crippen LogP contribution < -0.4 is 20.7 Å². The Morgan fingerprint density at radius 3 is 2.56 bits per heavy atom. The van der Waals surface area contributed by atoms with Crippen molar-refractivity contribution in [2.45, 2.75) is 18.4 Å². The summed E-state index contributed by atoms with van der Waals surface area (Å²) in [4.78, 5) is 37.1. The van der Waals surface area contributed by atoms with Gasteiger partial charge in [0.15, 0.2) is 0 Å². The molecule has 3 N–H and O–H groups in total. The maximum Gasteiger partial charge on any atom is 0.256 e. The van der Waals surface area contributed by atoms with Crippen molar-refractivity contribution in [2.75, 3.05) is 23.5 Å². The third-order valence-electron chi connectivity index (χ3n) is 4.30. The first-order chi connectivity index (χ1) is 15.5. The van der Waals surface area contributed by atoms with E-state index >= 15 is 0 Å². The zero-order chi connectivity index (χ0) is 22.9. The topological polar surface area (TPSA) is 110 Å². The molecule has 166 valence electrons. The van der Waals surface area contributed by atoms with E-state index in [0.717, 1.165) is 0 Å². The zero-order valence-corrected chi connectivity index (χ0v) is 18.5. The second-order valence-corrected chi connectivity index (χ2v) is 7.71. The standard InChI is InChI=1S/C23H23N3O5S/c1-15(27)25-16-9-10-20(30-2)19(12-16)26-23(29)18-7-3-4-8-21(18)32-14-22(28)24-13-17-6-5-11-31-17/h3-12H,13-14H2,1-2H3,(H,24,28)(H,25,27)(H,26,29). The van der Waals surface area contributed by atoms with Crippen molar-refractivity contribution < 1.29 is 23.5 Å². The summed E-state index contributed by atoms with van der Waals surface area (Å²) in [5, 5.41) is 8.27. The van der Waals surface area contributed by atoms with Crippen molar-refractivity contribution in [3.8, 4) is 5.75 Å². The Balaban J connectivity index is 1.67. The quantitative estimate of drug-likeness (QED) is 0.424. The third-order valence-corrected chi connectivity index (χ3v) is 5.37. The number of thioether (sulfide) groups is 1. The van der Waals surface area contributed by atoms with E-state index in [1.165, 1.54) is 25.8 Å². The minimum absolute atomic E-state index is 0.145. The molecule has 32 heavy (non-hydrogen) atoms.